The van der Waals surface area contributed by atoms with E-state index in [1.165, 1.54) is 4.90 Å². The van der Waals surface area contributed by atoms with E-state index >= 15 is 0 Å². The van der Waals surface area contributed by atoms with E-state index in [-0.39, 0.29) is 24.0 Å². The molecule has 0 atom stereocenters. The summed E-state index contributed by atoms with van der Waals surface area (Å²) in [7, 11) is 0. The Kier molecular flexibility index (Phi) is 8.86. The van der Waals surface area contributed by atoms with Gasteiger partial charge in [0.15, 0.2) is 0 Å². The standard InChI is InChI=1S/C25H36N2O6/c1-25(2,3)33-24(30)26-14-11-19(12-15-26)32-18-17-31-16-8-4-7-13-27-22(28)20-9-5-6-10-21(20)23(27)29/h5-6,9-10,19H,4,7-8,11-18H2,1-3H3. The Bertz CT molecular complexity index is 791. The van der Waals surface area contributed by atoms with Gasteiger partial charge in [0.25, 0.3) is 11.8 Å². The van der Waals surface area contributed by atoms with E-state index in [0.29, 0.717) is 50.6 Å². The fraction of sp³-hybridized carbons (Fsp3) is 0.640. The predicted molar refractivity (Wildman–Crippen MR) is 123 cm³/mol. The van der Waals surface area contributed by atoms with Crippen LogP contribution in [0.5, 0.6) is 0 Å². The lowest BCUT2D eigenvalue weighted by Crippen LogP contribution is -2.43. The van der Waals surface area contributed by atoms with E-state index in [1.807, 2.05) is 20.8 Å². The average Bonchev–Trinajstić information content (AvgIpc) is 3.02. The van der Waals surface area contributed by atoms with Crippen LogP contribution in [0.15, 0.2) is 24.3 Å². The first-order chi connectivity index (χ1) is 15.8. The lowest BCUT2D eigenvalue weighted by molar-refractivity contribution is -0.0296. The molecule has 0 aliphatic carbocycles. The van der Waals surface area contributed by atoms with Crippen LogP contribution in [-0.2, 0) is 14.2 Å². The zero-order chi connectivity index (χ0) is 23.8. The van der Waals surface area contributed by atoms with Gasteiger partial charge >= 0.3 is 6.09 Å². The number of piperidine rings is 1. The van der Waals surface area contributed by atoms with Gasteiger partial charge in [0.05, 0.1) is 30.4 Å². The van der Waals surface area contributed by atoms with Crippen molar-refractivity contribution >= 4 is 17.9 Å². The Balaban J connectivity index is 1.18. The van der Waals surface area contributed by atoms with Crippen LogP contribution in [0.25, 0.3) is 0 Å². The quantitative estimate of drug-likeness (QED) is 0.389. The van der Waals surface area contributed by atoms with Crippen molar-refractivity contribution in [2.75, 3.05) is 39.5 Å². The molecule has 0 saturated carbocycles. The molecule has 0 N–H and O–H groups in total. The van der Waals surface area contributed by atoms with Crippen molar-refractivity contribution in [2.45, 2.75) is 64.6 Å². The lowest BCUT2D eigenvalue weighted by atomic mass is 10.1. The lowest BCUT2D eigenvalue weighted by Gasteiger charge is -2.33. The van der Waals surface area contributed by atoms with Gasteiger partial charge in [0.1, 0.15) is 5.60 Å². The van der Waals surface area contributed by atoms with Crippen molar-refractivity contribution in [2.24, 2.45) is 0 Å². The van der Waals surface area contributed by atoms with Gasteiger partial charge in [-0.15, -0.1) is 0 Å². The third kappa shape index (κ3) is 7.27. The molecule has 1 fully saturated rings. The molecule has 33 heavy (non-hydrogen) atoms. The number of amides is 3. The molecular formula is C25H36N2O6. The Hall–Kier alpha value is -2.45. The number of rotatable bonds is 10. The summed E-state index contributed by atoms with van der Waals surface area (Å²) in [5.41, 5.74) is 0.527. The number of imide groups is 1. The molecule has 0 spiro atoms. The van der Waals surface area contributed by atoms with Crippen molar-refractivity contribution in [1.29, 1.82) is 0 Å². The van der Waals surface area contributed by atoms with E-state index in [0.717, 1.165) is 32.1 Å². The van der Waals surface area contributed by atoms with Crippen molar-refractivity contribution < 1.29 is 28.6 Å². The summed E-state index contributed by atoms with van der Waals surface area (Å²) < 4.78 is 16.9. The van der Waals surface area contributed by atoms with Crippen LogP contribution in [0.4, 0.5) is 4.79 Å². The predicted octanol–water partition coefficient (Wildman–Crippen LogP) is 3.89. The van der Waals surface area contributed by atoms with Crippen LogP contribution < -0.4 is 0 Å². The molecule has 1 saturated heterocycles. The minimum atomic E-state index is -0.476. The van der Waals surface area contributed by atoms with E-state index in [9.17, 15) is 14.4 Å². The third-order valence-electron chi connectivity index (χ3n) is 5.72. The normalized spacial score (nSPS) is 16.9. The fourth-order valence-corrected chi connectivity index (χ4v) is 4.00. The van der Waals surface area contributed by atoms with Crippen molar-refractivity contribution in [1.82, 2.24) is 9.80 Å². The van der Waals surface area contributed by atoms with Crippen molar-refractivity contribution in [3.63, 3.8) is 0 Å². The summed E-state index contributed by atoms with van der Waals surface area (Å²) in [6.07, 6.45) is 4.02. The van der Waals surface area contributed by atoms with Gasteiger partial charge in [-0.25, -0.2) is 4.79 Å². The highest BCUT2D eigenvalue weighted by Crippen LogP contribution is 2.23. The number of fused-ring (bicyclic) bond motifs is 1. The molecule has 8 heteroatoms. The van der Waals surface area contributed by atoms with Crippen LogP contribution in [-0.4, -0.2) is 78.9 Å². The smallest absolute Gasteiger partial charge is 0.410 e. The SMILES string of the molecule is CC(C)(C)OC(=O)N1CCC(OCCOCCCCCN2C(=O)c3ccccc3C2=O)CC1. The monoisotopic (exact) mass is 460 g/mol. The average molecular weight is 461 g/mol. The summed E-state index contributed by atoms with van der Waals surface area (Å²) in [5.74, 6) is -0.387. The fourth-order valence-electron chi connectivity index (χ4n) is 4.00. The molecule has 2 heterocycles. The summed E-state index contributed by atoms with van der Waals surface area (Å²) in [6, 6.07) is 6.97. The number of carbonyl (C=O) groups is 3. The maximum atomic E-state index is 12.3. The maximum absolute atomic E-state index is 12.3. The second kappa shape index (κ2) is 11.6. The Labute approximate surface area is 196 Å². The Morgan fingerprint density at radius 1 is 0.939 bits per heavy atom. The van der Waals surface area contributed by atoms with Gasteiger partial charge in [-0.05, 0) is 65.0 Å². The first-order valence-electron chi connectivity index (χ1n) is 11.9. The molecule has 2 aliphatic rings. The number of carbonyl (C=O) groups excluding carboxylic acids is 3. The molecule has 0 radical (unpaired) electrons. The maximum Gasteiger partial charge on any atom is 0.410 e. The van der Waals surface area contributed by atoms with Gasteiger partial charge in [-0.3, -0.25) is 14.5 Å². The largest absolute Gasteiger partial charge is 0.444 e. The van der Waals surface area contributed by atoms with Crippen LogP contribution in [0, 0.1) is 0 Å². The van der Waals surface area contributed by atoms with Gasteiger partial charge in [0.2, 0.25) is 0 Å². The van der Waals surface area contributed by atoms with Crippen LogP contribution >= 0.6 is 0 Å². The van der Waals surface area contributed by atoms with Crippen molar-refractivity contribution in [3.8, 4) is 0 Å². The molecule has 3 amide bonds. The first-order valence-corrected chi connectivity index (χ1v) is 11.9. The molecular weight excluding hydrogens is 424 g/mol. The third-order valence-corrected chi connectivity index (χ3v) is 5.72. The highest BCUT2D eigenvalue weighted by atomic mass is 16.6. The van der Waals surface area contributed by atoms with Gasteiger partial charge in [-0.1, -0.05) is 12.1 Å². The zero-order valence-electron chi connectivity index (χ0n) is 20.0. The number of benzene rings is 1. The number of likely N-dealkylation sites (tertiary alicyclic amines) is 1. The molecule has 182 valence electrons. The van der Waals surface area contributed by atoms with E-state index in [2.05, 4.69) is 0 Å². The molecule has 8 nitrogen and oxygen atoms in total. The van der Waals surface area contributed by atoms with Gasteiger partial charge in [0, 0.05) is 26.2 Å². The highest BCUT2D eigenvalue weighted by molar-refractivity contribution is 6.21. The molecule has 0 bridgehead atoms. The second-order valence-electron chi connectivity index (χ2n) is 9.52. The number of hydrogen-bond donors (Lipinski definition) is 0. The van der Waals surface area contributed by atoms with Gasteiger partial charge in [-0.2, -0.15) is 0 Å². The summed E-state index contributed by atoms with van der Waals surface area (Å²) in [5, 5.41) is 0. The number of unbranched alkanes of at least 4 members (excludes halogenated alkanes) is 2. The molecule has 1 aromatic rings. The first kappa shape index (κ1) is 25.2. The number of hydrogen-bond acceptors (Lipinski definition) is 6. The molecule has 1 aromatic carbocycles. The van der Waals surface area contributed by atoms with Crippen molar-refractivity contribution in [3.05, 3.63) is 35.4 Å². The summed E-state index contributed by atoms with van der Waals surface area (Å²) in [4.78, 5) is 39.8. The summed E-state index contributed by atoms with van der Waals surface area (Å²) >= 11 is 0. The molecule has 0 aromatic heterocycles. The topological polar surface area (TPSA) is 85.4 Å². The van der Waals surface area contributed by atoms with E-state index < -0.39 is 5.60 Å². The minimum Gasteiger partial charge on any atom is -0.444 e. The minimum absolute atomic E-state index is 0.145. The second-order valence-corrected chi connectivity index (χ2v) is 9.52. The van der Waals surface area contributed by atoms with E-state index in [1.54, 1.807) is 29.2 Å². The van der Waals surface area contributed by atoms with Crippen LogP contribution in [0.1, 0.15) is 73.6 Å². The summed E-state index contributed by atoms with van der Waals surface area (Å²) in [6.45, 7) is 9.04. The molecule has 0 unspecified atom stereocenters. The Morgan fingerprint density at radius 3 is 2.18 bits per heavy atom. The van der Waals surface area contributed by atoms with Crippen LogP contribution in [0.2, 0.25) is 0 Å². The van der Waals surface area contributed by atoms with Gasteiger partial charge < -0.3 is 19.1 Å². The molecule has 2 aliphatic heterocycles. The number of nitrogens with zero attached hydrogens (tertiary/aromatic N) is 2. The highest BCUT2D eigenvalue weighted by Gasteiger charge is 2.34. The van der Waals surface area contributed by atoms with Crippen LogP contribution in [0.3, 0.4) is 0 Å². The number of ether oxygens (including phenoxy) is 3. The zero-order valence-corrected chi connectivity index (χ0v) is 20.0. The molecule has 3 rings (SSSR count). The van der Waals surface area contributed by atoms with E-state index in [4.69, 9.17) is 14.2 Å². The Morgan fingerprint density at radius 2 is 1.58 bits per heavy atom.